The minimum atomic E-state index is -4.40. The maximum Gasteiger partial charge on any atom is 0.416 e. The van der Waals surface area contributed by atoms with Crippen molar-refractivity contribution in [2.45, 2.75) is 31.5 Å². The fourth-order valence-electron chi connectivity index (χ4n) is 6.36. The smallest absolute Gasteiger partial charge is 0.369 e. The van der Waals surface area contributed by atoms with E-state index in [0.717, 1.165) is 62.5 Å². The van der Waals surface area contributed by atoms with E-state index in [4.69, 9.17) is 0 Å². The van der Waals surface area contributed by atoms with E-state index in [1.54, 1.807) is 11.0 Å². The molecular weight excluding hydrogens is 547 g/mol. The molecule has 222 valence electrons. The van der Waals surface area contributed by atoms with Crippen LogP contribution in [-0.2, 0) is 19.1 Å². The molecule has 2 aliphatic heterocycles. The zero-order valence-corrected chi connectivity index (χ0v) is 24.1. The van der Waals surface area contributed by atoms with Gasteiger partial charge in [0, 0.05) is 56.4 Å². The number of carbonyl (C=O) groups is 1. The number of nitrogens with zero attached hydrogens (tertiary/aromatic N) is 3. The zero-order chi connectivity index (χ0) is 29.8. The van der Waals surface area contributed by atoms with Crippen molar-refractivity contribution >= 4 is 11.6 Å². The van der Waals surface area contributed by atoms with Crippen molar-refractivity contribution < 1.29 is 18.0 Å². The lowest BCUT2D eigenvalue weighted by Crippen LogP contribution is -2.47. The maximum atomic E-state index is 13.4. The number of carbonyl (C=O) groups excluding carboxylic acids is 1. The minimum Gasteiger partial charge on any atom is -0.369 e. The summed E-state index contributed by atoms with van der Waals surface area (Å²) in [4.78, 5) is 20.0. The average Bonchev–Trinajstić information content (AvgIpc) is 3.03. The van der Waals surface area contributed by atoms with E-state index >= 15 is 0 Å². The number of piperazine rings is 1. The summed E-state index contributed by atoms with van der Waals surface area (Å²) < 4.78 is 39.6. The molecule has 0 bridgehead atoms. The molecule has 7 heteroatoms. The Morgan fingerprint density at radius 1 is 0.721 bits per heavy atom. The van der Waals surface area contributed by atoms with Crippen molar-refractivity contribution in [3.8, 4) is 0 Å². The van der Waals surface area contributed by atoms with Gasteiger partial charge in [0.1, 0.15) is 0 Å². The van der Waals surface area contributed by atoms with Gasteiger partial charge in [-0.3, -0.25) is 9.69 Å². The van der Waals surface area contributed by atoms with Gasteiger partial charge in [-0.2, -0.15) is 13.2 Å². The number of halogens is 3. The summed E-state index contributed by atoms with van der Waals surface area (Å²) >= 11 is 0. The topological polar surface area (TPSA) is 26.8 Å². The molecule has 0 spiro atoms. The Bertz CT molecular complexity index is 1490. The van der Waals surface area contributed by atoms with E-state index < -0.39 is 11.7 Å². The van der Waals surface area contributed by atoms with Crippen LogP contribution in [-0.4, -0.2) is 55.0 Å². The van der Waals surface area contributed by atoms with Gasteiger partial charge in [0.2, 0.25) is 0 Å². The van der Waals surface area contributed by atoms with E-state index in [9.17, 15) is 18.0 Å². The molecule has 6 rings (SSSR count). The minimum absolute atomic E-state index is 0.119. The third kappa shape index (κ3) is 6.78. The Morgan fingerprint density at radius 3 is 2.05 bits per heavy atom. The number of hydrogen-bond donors (Lipinski definition) is 0. The predicted octanol–water partition coefficient (Wildman–Crippen LogP) is 7.25. The van der Waals surface area contributed by atoms with E-state index in [1.165, 1.54) is 17.2 Å². The molecule has 0 unspecified atom stereocenters. The van der Waals surface area contributed by atoms with Gasteiger partial charge in [-0.05, 0) is 65.9 Å². The molecule has 2 aliphatic rings. The highest BCUT2D eigenvalue weighted by molar-refractivity contribution is 5.97. The molecule has 4 nitrogen and oxygen atoms in total. The molecule has 1 fully saturated rings. The average molecular weight is 584 g/mol. The fourth-order valence-corrected chi connectivity index (χ4v) is 6.36. The first-order valence-electron chi connectivity index (χ1n) is 15.0. The lowest BCUT2D eigenvalue weighted by Gasteiger charge is -2.37. The molecule has 4 aromatic rings. The van der Waals surface area contributed by atoms with Gasteiger partial charge in [-0.25, -0.2) is 0 Å². The lowest BCUT2D eigenvalue weighted by atomic mass is 9.88. The van der Waals surface area contributed by atoms with Gasteiger partial charge in [0.15, 0.2) is 0 Å². The monoisotopic (exact) mass is 583 g/mol. The SMILES string of the molecule is O=C1c2cc(N3CCN(CCC(c4ccccc4)c4ccccc4)CC3)ccc2CCN1Cc1cccc(C(F)(F)F)c1. The van der Waals surface area contributed by atoms with E-state index in [1.807, 2.05) is 12.1 Å². The molecule has 0 atom stereocenters. The first kappa shape index (κ1) is 29.0. The van der Waals surface area contributed by atoms with Gasteiger partial charge in [-0.15, -0.1) is 0 Å². The largest absolute Gasteiger partial charge is 0.416 e. The molecular formula is C36H36F3N3O. The van der Waals surface area contributed by atoms with Crippen LogP contribution >= 0.6 is 0 Å². The number of fused-ring (bicyclic) bond motifs is 1. The summed E-state index contributed by atoms with van der Waals surface area (Å²) in [5.74, 6) is 0.234. The number of hydrogen-bond acceptors (Lipinski definition) is 3. The molecule has 1 amide bonds. The third-order valence-electron chi connectivity index (χ3n) is 8.77. The first-order chi connectivity index (χ1) is 20.8. The highest BCUT2D eigenvalue weighted by Gasteiger charge is 2.31. The summed E-state index contributed by atoms with van der Waals surface area (Å²) in [5, 5.41) is 0. The molecule has 0 saturated carbocycles. The number of benzene rings is 4. The summed E-state index contributed by atoms with van der Waals surface area (Å²) in [6.07, 6.45) is -2.67. The molecule has 0 N–H and O–H groups in total. The second kappa shape index (κ2) is 12.6. The third-order valence-corrected chi connectivity index (χ3v) is 8.77. The van der Waals surface area contributed by atoms with Gasteiger partial charge in [0.25, 0.3) is 5.91 Å². The van der Waals surface area contributed by atoms with Crippen molar-refractivity contribution in [2.75, 3.05) is 44.2 Å². The summed E-state index contributed by atoms with van der Waals surface area (Å²) in [5.41, 5.74) is 5.17. The normalized spacial score (nSPS) is 16.0. The Morgan fingerprint density at radius 2 is 1.40 bits per heavy atom. The first-order valence-corrected chi connectivity index (χ1v) is 15.0. The van der Waals surface area contributed by atoms with Crippen LogP contribution in [0.25, 0.3) is 0 Å². The van der Waals surface area contributed by atoms with Gasteiger partial charge < -0.3 is 9.80 Å². The van der Waals surface area contributed by atoms with Crippen LogP contribution in [0.15, 0.2) is 103 Å². The van der Waals surface area contributed by atoms with Crippen LogP contribution in [0.2, 0.25) is 0 Å². The molecule has 4 aromatic carbocycles. The number of alkyl halides is 3. The fraction of sp³-hybridized carbons (Fsp3) is 0.306. The van der Waals surface area contributed by atoms with Crippen molar-refractivity contribution in [3.63, 3.8) is 0 Å². The Hall–Kier alpha value is -4.10. The molecule has 1 saturated heterocycles. The summed E-state index contributed by atoms with van der Waals surface area (Å²) in [7, 11) is 0. The Balaban J connectivity index is 1.08. The second-order valence-electron chi connectivity index (χ2n) is 11.5. The molecule has 43 heavy (non-hydrogen) atoms. The summed E-state index contributed by atoms with van der Waals surface area (Å²) in [6.45, 7) is 5.32. The number of rotatable bonds is 8. The lowest BCUT2D eigenvalue weighted by molar-refractivity contribution is -0.137. The standard InChI is InChI=1S/C36H36F3N3O/c37-36(38,39)31-13-7-8-27(24-31)26-42-19-16-30-14-15-32(25-34(30)35(42)43)41-22-20-40(21-23-41)18-17-33(28-9-3-1-4-10-28)29-11-5-2-6-12-29/h1-15,24-25,33H,16-23,26H2. The highest BCUT2D eigenvalue weighted by Crippen LogP contribution is 2.32. The van der Waals surface area contributed by atoms with Crippen molar-refractivity contribution in [2.24, 2.45) is 0 Å². The molecule has 0 aliphatic carbocycles. The quantitative estimate of drug-likeness (QED) is 0.219. The van der Waals surface area contributed by atoms with Gasteiger partial charge >= 0.3 is 6.18 Å². The van der Waals surface area contributed by atoms with Crippen LogP contribution in [0.4, 0.5) is 18.9 Å². The van der Waals surface area contributed by atoms with Crippen LogP contribution in [0.1, 0.15) is 50.5 Å². The van der Waals surface area contributed by atoms with E-state index in [-0.39, 0.29) is 12.5 Å². The van der Waals surface area contributed by atoms with Crippen molar-refractivity contribution in [3.05, 3.63) is 137 Å². The molecule has 0 radical (unpaired) electrons. The maximum absolute atomic E-state index is 13.4. The van der Waals surface area contributed by atoms with Crippen molar-refractivity contribution in [1.82, 2.24) is 9.80 Å². The van der Waals surface area contributed by atoms with Gasteiger partial charge in [0.05, 0.1) is 5.56 Å². The van der Waals surface area contributed by atoms with E-state index in [0.29, 0.717) is 30.0 Å². The van der Waals surface area contributed by atoms with Crippen LogP contribution < -0.4 is 4.90 Å². The van der Waals surface area contributed by atoms with E-state index in [2.05, 4.69) is 76.5 Å². The molecule has 2 heterocycles. The number of amides is 1. The van der Waals surface area contributed by atoms with Gasteiger partial charge in [-0.1, -0.05) is 78.9 Å². The zero-order valence-electron chi connectivity index (χ0n) is 24.1. The van der Waals surface area contributed by atoms with Crippen LogP contribution in [0, 0.1) is 0 Å². The predicted molar refractivity (Wildman–Crippen MR) is 164 cm³/mol. The second-order valence-corrected chi connectivity index (χ2v) is 11.5. The summed E-state index contributed by atoms with van der Waals surface area (Å²) in [6, 6.07) is 32.8. The van der Waals surface area contributed by atoms with Crippen LogP contribution in [0.5, 0.6) is 0 Å². The Labute approximate surface area is 251 Å². The number of anilines is 1. The van der Waals surface area contributed by atoms with Crippen LogP contribution in [0.3, 0.4) is 0 Å². The highest BCUT2D eigenvalue weighted by atomic mass is 19.4. The van der Waals surface area contributed by atoms with Crippen molar-refractivity contribution in [1.29, 1.82) is 0 Å². The Kier molecular flexibility index (Phi) is 8.52. The molecule has 0 aromatic heterocycles.